The first-order valence-corrected chi connectivity index (χ1v) is 21.2. The van der Waals surface area contributed by atoms with Gasteiger partial charge in [0.25, 0.3) is 0 Å². The molecule has 0 aromatic carbocycles. The van der Waals surface area contributed by atoms with Crippen LogP contribution in [0.1, 0.15) is 100 Å². The zero-order chi connectivity index (χ0) is 38.0. The fourth-order valence-electron chi connectivity index (χ4n) is 7.74. The molecule has 2 rings (SSSR count). The number of carbonyl (C=O) groups is 1. The summed E-state index contributed by atoms with van der Waals surface area (Å²) in [6, 6.07) is 0. The van der Waals surface area contributed by atoms with Gasteiger partial charge in [-0.15, -0.1) is 6.58 Å². The molecule has 7 nitrogen and oxygen atoms in total. The van der Waals surface area contributed by atoms with Crippen LogP contribution in [0.2, 0.25) is 16.6 Å². The van der Waals surface area contributed by atoms with Crippen LogP contribution in [-0.2, 0) is 32.9 Å². The van der Waals surface area contributed by atoms with Crippen molar-refractivity contribution in [2.24, 2.45) is 5.92 Å². The molecule has 2 heterocycles. The highest BCUT2D eigenvalue weighted by Gasteiger charge is 2.47. The van der Waals surface area contributed by atoms with E-state index < -0.39 is 26.5 Å². The predicted molar refractivity (Wildman–Crippen MR) is 213 cm³/mol. The zero-order valence-electron chi connectivity index (χ0n) is 33.3. The number of hydrogen-bond acceptors (Lipinski definition) is 7. The van der Waals surface area contributed by atoms with Gasteiger partial charge in [-0.3, -0.25) is 0 Å². The molecule has 8 heteroatoms. The fraction of sp³-hybridized carbons (Fsp3) is 0.651. The van der Waals surface area contributed by atoms with E-state index in [-0.39, 0.29) is 31.2 Å². The van der Waals surface area contributed by atoms with Crippen LogP contribution in [0.5, 0.6) is 0 Å². The summed E-state index contributed by atoms with van der Waals surface area (Å²) in [6.45, 7) is 30.7. The van der Waals surface area contributed by atoms with Crippen molar-refractivity contribution in [3.8, 4) is 0 Å². The Kier molecular flexibility index (Phi) is 20.5. The van der Waals surface area contributed by atoms with Crippen molar-refractivity contribution in [2.75, 3.05) is 20.5 Å². The highest BCUT2D eigenvalue weighted by atomic mass is 28.4. The van der Waals surface area contributed by atoms with Gasteiger partial charge >= 0.3 is 5.97 Å². The summed E-state index contributed by atoms with van der Waals surface area (Å²) < 4.78 is 37.1. The summed E-state index contributed by atoms with van der Waals surface area (Å²) >= 11 is 0. The van der Waals surface area contributed by atoms with Crippen molar-refractivity contribution in [2.45, 2.75) is 154 Å². The molecule has 0 unspecified atom stereocenters. The van der Waals surface area contributed by atoms with Crippen molar-refractivity contribution in [3.63, 3.8) is 0 Å². The van der Waals surface area contributed by atoms with Gasteiger partial charge in [0.1, 0.15) is 19.0 Å². The Hall–Kier alpha value is -2.33. The Bertz CT molecular complexity index is 1180. The van der Waals surface area contributed by atoms with E-state index in [0.717, 1.165) is 37.7 Å². The summed E-state index contributed by atoms with van der Waals surface area (Å²) in [5.74, 6) is -0.0608. The van der Waals surface area contributed by atoms with E-state index in [1.54, 1.807) is 7.11 Å². The molecule has 288 valence electrons. The van der Waals surface area contributed by atoms with Gasteiger partial charge in [-0.25, -0.2) is 4.79 Å². The minimum absolute atomic E-state index is 0.0597. The van der Waals surface area contributed by atoms with Crippen LogP contribution in [0.3, 0.4) is 0 Å². The molecule has 0 aromatic rings. The topological polar surface area (TPSA) is 72.5 Å². The fourth-order valence-corrected chi connectivity index (χ4v) is 13.3. The van der Waals surface area contributed by atoms with E-state index in [1.807, 2.05) is 18.2 Å². The van der Waals surface area contributed by atoms with Crippen molar-refractivity contribution in [1.29, 1.82) is 0 Å². The number of methoxy groups -OCH3 is 1. The molecule has 51 heavy (non-hydrogen) atoms. The molecule has 0 spiro atoms. The minimum atomic E-state index is -2.37. The quantitative estimate of drug-likeness (QED) is 0.0322. The van der Waals surface area contributed by atoms with E-state index in [9.17, 15) is 4.79 Å². The van der Waals surface area contributed by atoms with Gasteiger partial charge in [0.15, 0.2) is 0 Å². The van der Waals surface area contributed by atoms with Gasteiger partial charge in [0.05, 0.1) is 31.0 Å². The molecular weight excluding hydrogens is 657 g/mol. The first-order valence-electron chi connectivity index (χ1n) is 19.1. The normalized spacial score (nSPS) is 22.4. The first kappa shape index (κ1) is 44.8. The van der Waals surface area contributed by atoms with Gasteiger partial charge in [-0.2, -0.15) is 0 Å². The summed E-state index contributed by atoms with van der Waals surface area (Å²) in [4.78, 5) is 12.8. The van der Waals surface area contributed by atoms with Gasteiger partial charge in [-0.05, 0) is 68.0 Å². The van der Waals surface area contributed by atoms with Gasteiger partial charge in [-0.1, -0.05) is 121 Å². The average molecular weight is 727 g/mol. The third-order valence-electron chi connectivity index (χ3n) is 10.1. The Balaban J connectivity index is 2.28. The molecule has 0 N–H and O–H groups in total. The smallest absolute Gasteiger partial charge is 0.330 e. The monoisotopic (exact) mass is 726 g/mol. The van der Waals surface area contributed by atoms with E-state index in [4.69, 9.17) is 28.1 Å². The van der Waals surface area contributed by atoms with Gasteiger partial charge < -0.3 is 28.1 Å². The van der Waals surface area contributed by atoms with Crippen LogP contribution >= 0.6 is 0 Å². The molecule has 0 bridgehead atoms. The van der Waals surface area contributed by atoms with Gasteiger partial charge in [0.2, 0.25) is 8.32 Å². The lowest BCUT2D eigenvalue weighted by Crippen LogP contribution is -2.52. The molecule has 0 saturated carbocycles. The lowest BCUT2D eigenvalue weighted by atomic mass is 9.91. The summed E-state index contributed by atoms with van der Waals surface area (Å²) in [5.41, 5.74) is 3.47. The maximum absolute atomic E-state index is 12.8. The number of hydrogen-bond donors (Lipinski definition) is 0. The Morgan fingerprint density at radius 3 is 2.37 bits per heavy atom. The third-order valence-corrected chi connectivity index (χ3v) is 16.2. The van der Waals surface area contributed by atoms with Crippen LogP contribution in [0, 0.1) is 5.92 Å². The highest BCUT2D eigenvalue weighted by Crippen LogP contribution is 2.44. The Labute approximate surface area is 312 Å². The van der Waals surface area contributed by atoms with E-state index >= 15 is 0 Å². The minimum Gasteiger partial charge on any atom is -0.456 e. The molecule has 0 radical (unpaired) electrons. The molecule has 7 atom stereocenters. The van der Waals surface area contributed by atoms with Crippen molar-refractivity contribution >= 4 is 14.3 Å². The second-order valence-electron chi connectivity index (χ2n) is 15.4. The molecule has 0 saturated heterocycles. The molecule has 2 aliphatic heterocycles. The van der Waals surface area contributed by atoms with E-state index in [1.165, 1.54) is 11.6 Å². The standard InChI is InChI=1S/C43H70O7Si/c1-13-17-37-18-15-20-40(48-37)29-36(11)26-35(10)28-38(47-30-45-12)19-16-21-41(49-43(44)14-2)42(23-22-39-27-34(9)24-25-46-39)50-51(31(3)4,32(5)6)33(7)8/h13-16,18-19,22-24,31-33,36-42H,1-2,10,17,20-21,25-30H2,3-9,11-12H3/b19-16+,23-22+/t36-,37+,38+,39+,40-,41-,42-/m0/s1. The molecule has 0 aliphatic carbocycles. The average Bonchev–Trinajstić information content (AvgIpc) is 3.06. The van der Waals surface area contributed by atoms with Crippen molar-refractivity contribution in [3.05, 3.63) is 85.6 Å². The van der Waals surface area contributed by atoms with Crippen LogP contribution in [0.4, 0.5) is 0 Å². The molecule has 0 amide bonds. The van der Waals surface area contributed by atoms with E-state index in [2.05, 4.69) is 106 Å². The van der Waals surface area contributed by atoms with Gasteiger partial charge in [0, 0.05) is 19.6 Å². The van der Waals surface area contributed by atoms with Crippen molar-refractivity contribution in [1.82, 2.24) is 0 Å². The number of ether oxygens (including phenoxy) is 5. The van der Waals surface area contributed by atoms with Crippen LogP contribution in [0.15, 0.2) is 85.6 Å². The van der Waals surface area contributed by atoms with Crippen LogP contribution in [-0.4, -0.2) is 71.4 Å². The zero-order valence-corrected chi connectivity index (χ0v) is 34.3. The Morgan fingerprint density at radius 2 is 1.76 bits per heavy atom. The number of carbonyl (C=O) groups excluding carboxylic acids is 1. The summed E-state index contributed by atoms with van der Waals surface area (Å²) in [6.07, 6.45) is 22.3. The number of esters is 1. The highest BCUT2D eigenvalue weighted by molar-refractivity contribution is 6.77. The van der Waals surface area contributed by atoms with Crippen LogP contribution in [0.25, 0.3) is 0 Å². The lowest BCUT2D eigenvalue weighted by molar-refractivity contribution is -0.146. The second-order valence-corrected chi connectivity index (χ2v) is 20.8. The SMILES string of the molecule is C=CC[C@@H]1C=CC[C@@H](C[C@@H](C)CC(=C)C[C@@H](/C=C/C[C@H](OC(=O)C=C)[C@H](/C=C/[C@@H]2CC(C)=CCO2)O[Si](C(C)C)(C(C)C)C(C)C)OCOC)O1. The Morgan fingerprint density at radius 1 is 1.06 bits per heavy atom. The molecular formula is C43H70O7Si. The third kappa shape index (κ3) is 15.3. The maximum atomic E-state index is 12.8. The first-order chi connectivity index (χ1) is 24.2. The molecule has 0 fully saturated rings. The number of rotatable bonds is 24. The summed E-state index contributed by atoms with van der Waals surface area (Å²) in [7, 11) is -0.749. The lowest BCUT2D eigenvalue weighted by Gasteiger charge is -2.45. The molecule has 2 aliphatic rings. The van der Waals surface area contributed by atoms with E-state index in [0.29, 0.717) is 42.0 Å². The van der Waals surface area contributed by atoms with Crippen LogP contribution < -0.4 is 0 Å². The van der Waals surface area contributed by atoms with Crippen molar-refractivity contribution < 1.29 is 32.9 Å². The maximum Gasteiger partial charge on any atom is 0.330 e. The summed E-state index contributed by atoms with van der Waals surface area (Å²) in [5, 5.41) is 0. The predicted octanol–water partition coefficient (Wildman–Crippen LogP) is 10.5. The largest absolute Gasteiger partial charge is 0.456 e. The second kappa shape index (κ2) is 23.4. The molecule has 0 aromatic heterocycles.